The molecule has 2 amide bonds. The maximum atomic E-state index is 13.6. The number of hydrogen-bond donors (Lipinski definition) is 1. The van der Waals surface area contributed by atoms with E-state index < -0.39 is 5.54 Å². The summed E-state index contributed by atoms with van der Waals surface area (Å²) in [5.41, 5.74) is 0.295. The number of pyridine rings is 1. The summed E-state index contributed by atoms with van der Waals surface area (Å²) in [5.74, 6) is -0.265. The summed E-state index contributed by atoms with van der Waals surface area (Å²) >= 11 is 6.41. The Morgan fingerprint density at radius 2 is 2.00 bits per heavy atom. The molecule has 0 bridgehead atoms. The van der Waals surface area contributed by atoms with Gasteiger partial charge in [-0.3, -0.25) is 14.6 Å². The Hall–Kier alpha value is -2.18. The molecule has 2 fully saturated rings. The van der Waals surface area contributed by atoms with Gasteiger partial charge in [0.05, 0.1) is 22.7 Å². The smallest absolute Gasteiger partial charge is 0.256 e. The second kappa shape index (κ2) is 7.09. The number of carbonyl (C=O) groups is 2. The summed E-state index contributed by atoms with van der Waals surface area (Å²) in [6.45, 7) is 1.39. The fraction of sp³-hybridized carbons (Fsp3) is 0.450. The van der Waals surface area contributed by atoms with Crippen molar-refractivity contribution in [2.75, 3.05) is 26.2 Å². The van der Waals surface area contributed by atoms with Crippen LogP contribution in [0.4, 0.5) is 0 Å². The highest BCUT2D eigenvalue weighted by molar-refractivity contribution is 6.35. The van der Waals surface area contributed by atoms with Gasteiger partial charge in [0.2, 0.25) is 5.91 Å². The maximum absolute atomic E-state index is 13.6. The molecule has 2 aromatic rings. The van der Waals surface area contributed by atoms with Crippen molar-refractivity contribution in [2.24, 2.45) is 0 Å². The summed E-state index contributed by atoms with van der Waals surface area (Å²) in [4.78, 5) is 34.5. The molecule has 1 spiro atoms. The van der Waals surface area contributed by atoms with Gasteiger partial charge in [-0.1, -0.05) is 17.7 Å². The minimum absolute atomic E-state index is 0.0527. The van der Waals surface area contributed by atoms with Crippen molar-refractivity contribution in [3.8, 4) is 0 Å². The normalized spacial score (nSPS) is 22.8. The number of hydrogen-bond acceptors (Lipinski definition) is 4. The van der Waals surface area contributed by atoms with Crippen LogP contribution in [0.5, 0.6) is 0 Å². The summed E-state index contributed by atoms with van der Waals surface area (Å²) in [6.07, 6.45) is 4.59. The largest absolute Gasteiger partial charge is 0.395 e. The number of aliphatic hydroxyl groups excluding tert-OH is 1. The molecular formula is C20H22ClN3O3. The van der Waals surface area contributed by atoms with Crippen molar-refractivity contribution in [2.45, 2.75) is 31.2 Å². The highest BCUT2D eigenvalue weighted by Crippen LogP contribution is 2.40. The van der Waals surface area contributed by atoms with E-state index >= 15 is 0 Å². The average Bonchev–Trinajstić information content (AvgIpc) is 3.10. The highest BCUT2D eigenvalue weighted by atomic mass is 35.5. The zero-order valence-electron chi connectivity index (χ0n) is 15.0. The van der Waals surface area contributed by atoms with Gasteiger partial charge in [-0.2, -0.15) is 0 Å². The fourth-order valence-corrected chi connectivity index (χ4v) is 4.78. The second-order valence-corrected chi connectivity index (χ2v) is 7.61. The number of β-amino-alcohol motifs (C(OH)–C–C–N with tert-alkyl or cyclic N) is 1. The van der Waals surface area contributed by atoms with Crippen molar-refractivity contribution < 1.29 is 14.7 Å². The Balaban J connectivity index is 1.76. The van der Waals surface area contributed by atoms with Gasteiger partial charge in [-0.05, 0) is 43.9 Å². The number of likely N-dealkylation sites (tertiary alicyclic amines) is 2. The number of halogens is 1. The van der Waals surface area contributed by atoms with Crippen molar-refractivity contribution in [3.63, 3.8) is 0 Å². The SMILES string of the molecule is O=C(c1c(Cl)ccc2ncccc12)N1CCCC12CCCN(CCO)C2=O. The summed E-state index contributed by atoms with van der Waals surface area (Å²) in [7, 11) is 0. The molecule has 1 aromatic heterocycles. The van der Waals surface area contributed by atoms with Crippen LogP contribution in [-0.2, 0) is 4.79 Å². The molecule has 27 heavy (non-hydrogen) atoms. The van der Waals surface area contributed by atoms with Crippen molar-refractivity contribution in [1.29, 1.82) is 0 Å². The van der Waals surface area contributed by atoms with Crippen LogP contribution in [0.2, 0.25) is 5.02 Å². The van der Waals surface area contributed by atoms with E-state index in [4.69, 9.17) is 11.6 Å². The van der Waals surface area contributed by atoms with Gasteiger partial charge < -0.3 is 14.9 Å². The Labute approximate surface area is 162 Å². The van der Waals surface area contributed by atoms with Crippen LogP contribution in [0.25, 0.3) is 10.9 Å². The molecule has 142 valence electrons. The first-order valence-electron chi connectivity index (χ1n) is 9.34. The number of aromatic nitrogens is 1. The molecule has 6 nitrogen and oxygen atoms in total. The molecular weight excluding hydrogens is 366 g/mol. The summed E-state index contributed by atoms with van der Waals surface area (Å²) < 4.78 is 0. The number of nitrogens with zero attached hydrogens (tertiary/aromatic N) is 3. The third-order valence-corrected chi connectivity index (χ3v) is 6.07. The number of rotatable bonds is 3. The van der Waals surface area contributed by atoms with E-state index in [-0.39, 0.29) is 18.4 Å². The van der Waals surface area contributed by atoms with Crippen LogP contribution in [0.1, 0.15) is 36.0 Å². The number of aliphatic hydroxyl groups is 1. The Morgan fingerprint density at radius 1 is 1.22 bits per heavy atom. The standard InChI is InChI=1S/C20H22ClN3O3/c21-15-5-6-16-14(4-1-9-22-16)17(15)18(26)24-11-3-8-20(24)7-2-10-23(12-13-25)19(20)27/h1,4-6,9,25H,2-3,7-8,10-13H2. The van der Waals surface area contributed by atoms with Gasteiger partial charge in [-0.15, -0.1) is 0 Å². The van der Waals surface area contributed by atoms with E-state index in [1.807, 2.05) is 6.07 Å². The van der Waals surface area contributed by atoms with E-state index in [2.05, 4.69) is 4.98 Å². The molecule has 1 N–H and O–H groups in total. The lowest BCUT2D eigenvalue weighted by Gasteiger charge is -2.44. The molecule has 0 aliphatic carbocycles. The number of benzene rings is 1. The molecule has 3 heterocycles. The lowest BCUT2D eigenvalue weighted by Crippen LogP contribution is -2.61. The molecule has 0 saturated carbocycles. The lowest BCUT2D eigenvalue weighted by atomic mass is 9.85. The molecule has 1 aromatic carbocycles. The molecule has 2 saturated heterocycles. The Morgan fingerprint density at radius 3 is 2.78 bits per heavy atom. The quantitative estimate of drug-likeness (QED) is 0.878. The van der Waals surface area contributed by atoms with Crippen LogP contribution in [-0.4, -0.2) is 63.5 Å². The molecule has 4 rings (SSSR count). The van der Waals surface area contributed by atoms with Crippen LogP contribution in [0, 0.1) is 0 Å². The van der Waals surface area contributed by atoms with Gasteiger partial charge >= 0.3 is 0 Å². The number of piperidine rings is 1. The van der Waals surface area contributed by atoms with Crippen LogP contribution in [0.3, 0.4) is 0 Å². The Bertz CT molecular complexity index is 901. The summed E-state index contributed by atoms with van der Waals surface area (Å²) in [5, 5.41) is 10.4. The van der Waals surface area contributed by atoms with Crippen molar-refractivity contribution in [3.05, 3.63) is 41.0 Å². The van der Waals surface area contributed by atoms with Crippen LogP contribution < -0.4 is 0 Å². The first-order chi connectivity index (χ1) is 13.1. The van der Waals surface area contributed by atoms with Crippen molar-refractivity contribution in [1.82, 2.24) is 14.8 Å². The van der Waals surface area contributed by atoms with E-state index in [0.29, 0.717) is 54.0 Å². The predicted molar refractivity (Wildman–Crippen MR) is 103 cm³/mol. The monoisotopic (exact) mass is 387 g/mol. The van der Waals surface area contributed by atoms with Crippen LogP contribution >= 0.6 is 11.6 Å². The maximum Gasteiger partial charge on any atom is 0.256 e. The Kier molecular flexibility index (Phi) is 4.78. The average molecular weight is 388 g/mol. The van der Waals surface area contributed by atoms with E-state index in [0.717, 1.165) is 12.8 Å². The van der Waals surface area contributed by atoms with Crippen molar-refractivity contribution >= 4 is 34.3 Å². The molecule has 2 aliphatic heterocycles. The molecule has 2 aliphatic rings. The molecule has 1 atom stereocenters. The molecule has 0 radical (unpaired) electrons. The minimum Gasteiger partial charge on any atom is -0.395 e. The first kappa shape index (κ1) is 18.2. The fourth-order valence-electron chi connectivity index (χ4n) is 4.53. The van der Waals surface area contributed by atoms with E-state index in [9.17, 15) is 14.7 Å². The third-order valence-electron chi connectivity index (χ3n) is 5.76. The highest BCUT2D eigenvalue weighted by Gasteiger charge is 2.53. The van der Waals surface area contributed by atoms with E-state index in [1.165, 1.54) is 0 Å². The zero-order valence-corrected chi connectivity index (χ0v) is 15.8. The molecule has 1 unspecified atom stereocenters. The third kappa shape index (κ3) is 2.87. The van der Waals surface area contributed by atoms with Gasteiger partial charge in [0, 0.05) is 31.2 Å². The minimum atomic E-state index is -0.821. The second-order valence-electron chi connectivity index (χ2n) is 7.20. The van der Waals surface area contributed by atoms with Gasteiger partial charge in [0.1, 0.15) is 5.54 Å². The predicted octanol–water partition coefficient (Wildman–Crippen LogP) is 2.48. The molecule has 7 heteroatoms. The lowest BCUT2D eigenvalue weighted by molar-refractivity contribution is -0.146. The van der Waals surface area contributed by atoms with Gasteiger partial charge in [0.15, 0.2) is 0 Å². The van der Waals surface area contributed by atoms with Gasteiger partial charge in [0.25, 0.3) is 5.91 Å². The van der Waals surface area contributed by atoms with Crippen LogP contribution in [0.15, 0.2) is 30.5 Å². The number of carbonyl (C=O) groups excluding carboxylic acids is 2. The topological polar surface area (TPSA) is 73.7 Å². The first-order valence-corrected chi connectivity index (χ1v) is 9.72. The van der Waals surface area contributed by atoms with Gasteiger partial charge in [-0.25, -0.2) is 0 Å². The number of fused-ring (bicyclic) bond motifs is 1. The zero-order chi connectivity index (χ0) is 19.0. The van der Waals surface area contributed by atoms with E-state index in [1.54, 1.807) is 34.2 Å². The number of amides is 2. The summed E-state index contributed by atoms with van der Waals surface area (Å²) in [6, 6.07) is 7.10.